The summed E-state index contributed by atoms with van der Waals surface area (Å²) in [6, 6.07) is 0. The van der Waals surface area contributed by atoms with Crippen LogP contribution in [-0.2, 0) is 0 Å². The maximum Gasteiger partial charge on any atom is -0.0414 e. The maximum absolute atomic E-state index is 2.34. The zero-order valence-electron chi connectivity index (χ0n) is 14.3. The van der Waals surface area contributed by atoms with Crippen LogP contribution in [-0.4, -0.2) is 0 Å². The Morgan fingerprint density at radius 1 is 0.550 bits per heavy atom. The lowest BCUT2D eigenvalue weighted by Crippen LogP contribution is -2.01. The summed E-state index contributed by atoms with van der Waals surface area (Å²) in [6.07, 6.45) is 26.9. The first-order valence-corrected chi connectivity index (χ1v) is 9.93. The minimum Gasteiger partial charge on any atom is -0.0654 e. The van der Waals surface area contributed by atoms with Crippen molar-refractivity contribution in [2.24, 2.45) is 5.92 Å². The highest BCUT2D eigenvalue weighted by Gasteiger charge is 2.08. The van der Waals surface area contributed by atoms with E-state index in [0.717, 1.165) is 5.92 Å². The predicted octanol–water partition coefficient (Wildman–Crippen LogP) is 7.66. The van der Waals surface area contributed by atoms with E-state index < -0.39 is 0 Å². The Morgan fingerprint density at radius 2 is 0.900 bits per heavy atom. The zero-order chi connectivity index (χ0) is 14.3. The summed E-state index contributed by atoms with van der Waals surface area (Å²) in [4.78, 5) is 0. The Balaban J connectivity index is 2.20. The third-order valence-electron chi connectivity index (χ3n) is 5.19. The lowest BCUT2D eigenvalue weighted by atomic mass is 9.90. The third kappa shape index (κ3) is 10.7. The molecule has 0 heterocycles. The standard InChI is InChI=1S/C20H40/c1-2-3-17-20-18-15-13-11-9-7-5-4-6-8-10-12-14-16-19-20/h20H,2-19H2,1H3. The van der Waals surface area contributed by atoms with Crippen molar-refractivity contribution in [2.75, 3.05) is 0 Å². The normalized spacial score (nSPS) is 22.6. The quantitative estimate of drug-likeness (QED) is 0.498. The molecule has 20 heavy (non-hydrogen) atoms. The van der Waals surface area contributed by atoms with Gasteiger partial charge in [0.25, 0.3) is 0 Å². The molecule has 0 radical (unpaired) electrons. The van der Waals surface area contributed by atoms with Gasteiger partial charge in [0, 0.05) is 0 Å². The van der Waals surface area contributed by atoms with Crippen LogP contribution in [0.1, 0.15) is 122 Å². The van der Waals surface area contributed by atoms with Crippen LogP contribution in [0.3, 0.4) is 0 Å². The Hall–Kier alpha value is 0. The average Bonchev–Trinajstić information content (AvgIpc) is 2.46. The van der Waals surface area contributed by atoms with Gasteiger partial charge in [-0.3, -0.25) is 0 Å². The second kappa shape index (κ2) is 14.0. The van der Waals surface area contributed by atoms with Gasteiger partial charge >= 0.3 is 0 Å². The van der Waals surface area contributed by atoms with Crippen LogP contribution < -0.4 is 0 Å². The van der Waals surface area contributed by atoms with Gasteiger partial charge in [0.2, 0.25) is 0 Å². The molecule has 0 amide bonds. The van der Waals surface area contributed by atoms with Crippen molar-refractivity contribution in [3.05, 3.63) is 0 Å². The van der Waals surface area contributed by atoms with Gasteiger partial charge in [-0.1, -0.05) is 122 Å². The van der Waals surface area contributed by atoms with Gasteiger partial charge in [-0.25, -0.2) is 0 Å². The maximum atomic E-state index is 2.34. The molecule has 120 valence electrons. The van der Waals surface area contributed by atoms with E-state index >= 15 is 0 Å². The van der Waals surface area contributed by atoms with Crippen molar-refractivity contribution in [1.82, 2.24) is 0 Å². The van der Waals surface area contributed by atoms with Crippen molar-refractivity contribution in [3.63, 3.8) is 0 Å². The van der Waals surface area contributed by atoms with Crippen LogP contribution >= 0.6 is 0 Å². The van der Waals surface area contributed by atoms with Gasteiger partial charge in [-0.2, -0.15) is 0 Å². The zero-order valence-corrected chi connectivity index (χ0v) is 14.3. The molecule has 0 spiro atoms. The molecule has 0 heteroatoms. The fourth-order valence-electron chi connectivity index (χ4n) is 3.74. The molecule has 0 aromatic carbocycles. The highest BCUT2D eigenvalue weighted by Crippen LogP contribution is 2.24. The summed E-state index contributed by atoms with van der Waals surface area (Å²) in [6.45, 7) is 2.34. The summed E-state index contributed by atoms with van der Waals surface area (Å²) in [7, 11) is 0. The van der Waals surface area contributed by atoms with E-state index in [-0.39, 0.29) is 0 Å². The van der Waals surface area contributed by atoms with Gasteiger partial charge in [0.15, 0.2) is 0 Å². The molecule has 0 N–H and O–H groups in total. The smallest absolute Gasteiger partial charge is 0.0414 e. The number of hydrogen-bond donors (Lipinski definition) is 0. The summed E-state index contributed by atoms with van der Waals surface area (Å²) in [5, 5.41) is 0. The Bertz CT molecular complexity index is 168. The van der Waals surface area contributed by atoms with Crippen molar-refractivity contribution >= 4 is 0 Å². The van der Waals surface area contributed by atoms with E-state index in [0.29, 0.717) is 0 Å². The molecule has 1 aliphatic carbocycles. The summed E-state index contributed by atoms with van der Waals surface area (Å²) < 4.78 is 0. The molecule has 0 aliphatic heterocycles. The molecular weight excluding hydrogens is 240 g/mol. The van der Waals surface area contributed by atoms with Crippen molar-refractivity contribution < 1.29 is 0 Å². The van der Waals surface area contributed by atoms with Crippen LogP contribution in [0.2, 0.25) is 0 Å². The van der Waals surface area contributed by atoms with E-state index in [1.165, 1.54) is 116 Å². The molecule has 1 aliphatic rings. The van der Waals surface area contributed by atoms with Crippen LogP contribution in [0.5, 0.6) is 0 Å². The minimum atomic E-state index is 1.06. The number of hydrogen-bond acceptors (Lipinski definition) is 0. The number of rotatable bonds is 3. The van der Waals surface area contributed by atoms with E-state index in [1.807, 2.05) is 0 Å². The summed E-state index contributed by atoms with van der Waals surface area (Å²) in [5.41, 5.74) is 0. The van der Waals surface area contributed by atoms with Crippen LogP contribution in [0.4, 0.5) is 0 Å². The predicted molar refractivity (Wildman–Crippen MR) is 92.3 cm³/mol. The first kappa shape index (κ1) is 18.1. The second-order valence-electron chi connectivity index (χ2n) is 7.18. The fraction of sp³-hybridized carbons (Fsp3) is 1.00. The minimum absolute atomic E-state index is 1.06. The molecule has 0 aromatic heterocycles. The van der Waals surface area contributed by atoms with Gasteiger partial charge in [-0.15, -0.1) is 0 Å². The highest BCUT2D eigenvalue weighted by atomic mass is 14.1. The van der Waals surface area contributed by atoms with E-state index in [4.69, 9.17) is 0 Å². The van der Waals surface area contributed by atoms with Crippen LogP contribution in [0.15, 0.2) is 0 Å². The molecule has 0 bridgehead atoms. The molecule has 0 unspecified atom stereocenters. The van der Waals surface area contributed by atoms with E-state index in [9.17, 15) is 0 Å². The van der Waals surface area contributed by atoms with Gasteiger partial charge in [0.1, 0.15) is 0 Å². The van der Waals surface area contributed by atoms with Crippen molar-refractivity contribution in [1.29, 1.82) is 0 Å². The molecule has 0 saturated heterocycles. The van der Waals surface area contributed by atoms with Gasteiger partial charge in [-0.05, 0) is 5.92 Å². The average molecular weight is 281 g/mol. The molecule has 0 nitrogen and oxygen atoms in total. The molecular formula is C20H40. The molecule has 0 atom stereocenters. The van der Waals surface area contributed by atoms with Gasteiger partial charge in [0.05, 0.1) is 0 Å². The Morgan fingerprint density at radius 3 is 1.25 bits per heavy atom. The number of unbranched alkanes of at least 4 members (excludes halogenated alkanes) is 1. The lowest BCUT2D eigenvalue weighted by molar-refractivity contribution is 0.369. The fourth-order valence-corrected chi connectivity index (χ4v) is 3.74. The first-order chi connectivity index (χ1) is 9.93. The van der Waals surface area contributed by atoms with Crippen LogP contribution in [0.25, 0.3) is 0 Å². The Labute approximate surface area is 129 Å². The molecule has 0 aromatic rings. The van der Waals surface area contributed by atoms with Gasteiger partial charge < -0.3 is 0 Å². The topological polar surface area (TPSA) is 0 Å². The second-order valence-corrected chi connectivity index (χ2v) is 7.18. The SMILES string of the molecule is CCCCC1CCCCCCCCCCCCCCC1. The van der Waals surface area contributed by atoms with Crippen LogP contribution in [0, 0.1) is 5.92 Å². The Kier molecular flexibility index (Phi) is 12.6. The third-order valence-corrected chi connectivity index (χ3v) is 5.19. The van der Waals surface area contributed by atoms with Crippen molar-refractivity contribution in [3.8, 4) is 0 Å². The lowest BCUT2D eigenvalue weighted by Gasteiger charge is -2.17. The molecule has 1 saturated carbocycles. The first-order valence-electron chi connectivity index (χ1n) is 9.93. The largest absolute Gasteiger partial charge is 0.0654 e. The van der Waals surface area contributed by atoms with E-state index in [1.54, 1.807) is 0 Å². The molecule has 1 rings (SSSR count). The summed E-state index contributed by atoms with van der Waals surface area (Å²) in [5.74, 6) is 1.06. The van der Waals surface area contributed by atoms with E-state index in [2.05, 4.69) is 6.92 Å². The van der Waals surface area contributed by atoms with Crippen molar-refractivity contribution in [2.45, 2.75) is 122 Å². The monoisotopic (exact) mass is 280 g/mol. The summed E-state index contributed by atoms with van der Waals surface area (Å²) >= 11 is 0. The highest BCUT2D eigenvalue weighted by molar-refractivity contribution is 4.61. The molecule has 1 fully saturated rings.